The van der Waals surface area contributed by atoms with Crippen molar-refractivity contribution in [2.24, 2.45) is 0 Å². The van der Waals surface area contributed by atoms with Crippen LogP contribution in [0.4, 0.5) is 5.69 Å². The molecule has 1 N–H and O–H groups in total. The van der Waals surface area contributed by atoms with Gasteiger partial charge < -0.3 is 5.32 Å². The zero-order valence-electron chi connectivity index (χ0n) is 13.7. The van der Waals surface area contributed by atoms with Crippen molar-refractivity contribution in [1.29, 1.82) is 0 Å². The van der Waals surface area contributed by atoms with Crippen molar-refractivity contribution in [3.8, 4) is 0 Å². The monoisotopic (exact) mass is 281 g/mol. The summed E-state index contributed by atoms with van der Waals surface area (Å²) in [6.07, 6.45) is 3.72. The minimum atomic E-state index is 0.325. The largest absolute Gasteiger partial charge is 0.378 e. The van der Waals surface area contributed by atoms with E-state index >= 15 is 0 Å². The second-order valence-corrected chi connectivity index (χ2v) is 5.96. The van der Waals surface area contributed by atoms with Gasteiger partial charge in [0.25, 0.3) is 0 Å². The third-order valence-electron chi connectivity index (χ3n) is 4.28. The molecule has 0 spiro atoms. The Balaban J connectivity index is 2.06. The summed E-state index contributed by atoms with van der Waals surface area (Å²) in [4.78, 5) is 0. The van der Waals surface area contributed by atoms with E-state index in [9.17, 15) is 0 Å². The lowest BCUT2D eigenvalue weighted by molar-refractivity contribution is 0.793. The van der Waals surface area contributed by atoms with Gasteiger partial charge in [-0.2, -0.15) is 0 Å². The molecule has 0 amide bonds. The first-order chi connectivity index (χ1) is 10.1. The average Bonchev–Trinajstić information content (AvgIpc) is 2.50. The Kier molecular flexibility index (Phi) is 5.44. The molecular formula is C20H27N. The quantitative estimate of drug-likeness (QED) is 0.703. The van der Waals surface area contributed by atoms with Crippen molar-refractivity contribution in [3.63, 3.8) is 0 Å². The maximum atomic E-state index is 3.63. The van der Waals surface area contributed by atoms with Crippen LogP contribution in [-0.4, -0.2) is 0 Å². The molecule has 1 nitrogen and oxygen atoms in total. The molecular weight excluding hydrogens is 254 g/mol. The van der Waals surface area contributed by atoms with Gasteiger partial charge in [-0.3, -0.25) is 0 Å². The second-order valence-electron chi connectivity index (χ2n) is 5.96. The first-order valence-corrected chi connectivity index (χ1v) is 8.03. The Morgan fingerprint density at radius 1 is 1.00 bits per heavy atom. The minimum Gasteiger partial charge on any atom is -0.378 e. The van der Waals surface area contributed by atoms with E-state index in [2.05, 4.69) is 75.5 Å². The van der Waals surface area contributed by atoms with Crippen molar-refractivity contribution in [3.05, 3.63) is 64.7 Å². The molecule has 0 saturated heterocycles. The van der Waals surface area contributed by atoms with Crippen LogP contribution in [-0.2, 0) is 6.42 Å². The lowest BCUT2D eigenvalue weighted by Crippen LogP contribution is -2.08. The number of hydrogen-bond donors (Lipinski definition) is 1. The van der Waals surface area contributed by atoms with Crippen molar-refractivity contribution in [1.82, 2.24) is 0 Å². The van der Waals surface area contributed by atoms with Crippen molar-refractivity contribution in [2.45, 2.75) is 53.0 Å². The van der Waals surface area contributed by atoms with Gasteiger partial charge in [-0.1, -0.05) is 49.7 Å². The molecule has 0 fully saturated rings. The van der Waals surface area contributed by atoms with Gasteiger partial charge in [-0.15, -0.1) is 0 Å². The molecule has 0 radical (unpaired) electrons. The molecule has 0 bridgehead atoms. The molecule has 112 valence electrons. The van der Waals surface area contributed by atoms with Gasteiger partial charge in [0, 0.05) is 11.7 Å². The maximum absolute atomic E-state index is 3.63. The van der Waals surface area contributed by atoms with Crippen LogP contribution in [0.5, 0.6) is 0 Å². The highest BCUT2D eigenvalue weighted by Gasteiger charge is 2.07. The third-order valence-corrected chi connectivity index (χ3v) is 4.28. The lowest BCUT2D eigenvalue weighted by atomic mass is 10.0. The Bertz CT molecular complexity index is 569. The Hall–Kier alpha value is -1.76. The van der Waals surface area contributed by atoms with Gasteiger partial charge in [0.2, 0.25) is 0 Å². The summed E-state index contributed by atoms with van der Waals surface area (Å²) >= 11 is 0. The van der Waals surface area contributed by atoms with Crippen molar-refractivity contribution >= 4 is 5.69 Å². The summed E-state index contributed by atoms with van der Waals surface area (Å²) < 4.78 is 0. The van der Waals surface area contributed by atoms with E-state index in [1.807, 2.05) is 0 Å². The zero-order chi connectivity index (χ0) is 15.2. The van der Waals surface area contributed by atoms with Crippen molar-refractivity contribution in [2.75, 3.05) is 5.32 Å². The number of nitrogens with one attached hydrogen (secondary N) is 1. The molecule has 0 aliphatic carbocycles. The highest BCUT2D eigenvalue weighted by atomic mass is 14.9. The van der Waals surface area contributed by atoms with Gasteiger partial charge in [0.1, 0.15) is 0 Å². The summed E-state index contributed by atoms with van der Waals surface area (Å²) in [6, 6.07) is 15.8. The first kappa shape index (κ1) is 15.6. The SMILES string of the molecule is CCCCc1ccc(C(C)Nc2cccc(C)c2C)cc1. The predicted octanol–water partition coefficient (Wildman–Crippen LogP) is 5.82. The molecule has 2 rings (SSSR count). The van der Waals surface area contributed by atoms with E-state index in [1.165, 1.54) is 47.2 Å². The number of hydrogen-bond acceptors (Lipinski definition) is 1. The average molecular weight is 281 g/mol. The van der Waals surface area contributed by atoms with Gasteiger partial charge in [-0.05, 0) is 61.9 Å². The first-order valence-electron chi connectivity index (χ1n) is 8.03. The highest BCUT2D eigenvalue weighted by Crippen LogP contribution is 2.24. The lowest BCUT2D eigenvalue weighted by Gasteiger charge is -2.18. The van der Waals surface area contributed by atoms with Crippen LogP contribution >= 0.6 is 0 Å². The van der Waals surface area contributed by atoms with Crippen LogP contribution in [0.25, 0.3) is 0 Å². The van der Waals surface area contributed by atoms with E-state index in [-0.39, 0.29) is 0 Å². The summed E-state index contributed by atoms with van der Waals surface area (Å²) in [7, 11) is 0. The fourth-order valence-corrected chi connectivity index (χ4v) is 2.58. The summed E-state index contributed by atoms with van der Waals surface area (Å²) in [5.41, 5.74) is 6.69. The number of anilines is 1. The summed E-state index contributed by atoms with van der Waals surface area (Å²) in [6.45, 7) is 8.80. The molecule has 2 aromatic rings. The van der Waals surface area contributed by atoms with E-state index in [1.54, 1.807) is 0 Å². The number of benzene rings is 2. The normalized spacial score (nSPS) is 12.2. The molecule has 0 aliphatic rings. The van der Waals surface area contributed by atoms with Gasteiger partial charge >= 0.3 is 0 Å². The standard InChI is InChI=1S/C20H27N/c1-5-6-9-18-11-13-19(14-12-18)17(4)21-20-10-7-8-15(2)16(20)3/h7-8,10-14,17,21H,5-6,9H2,1-4H3. The molecule has 0 aliphatic heterocycles. The smallest absolute Gasteiger partial charge is 0.0485 e. The predicted molar refractivity (Wildman–Crippen MR) is 93.0 cm³/mol. The number of rotatable bonds is 6. The van der Waals surface area contributed by atoms with Gasteiger partial charge in [-0.25, -0.2) is 0 Å². The van der Waals surface area contributed by atoms with E-state index in [4.69, 9.17) is 0 Å². The van der Waals surface area contributed by atoms with Crippen LogP contribution in [0.2, 0.25) is 0 Å². The molecule has 0 saturated carbocycles. The van der Waals surface area contributed by atoms with Gasteiger partial charge in [0.15, 0.2) is 0 Å². The fraction of sp³-hybridized carbons (Fsp3) is 0.400. The Morgan fingerprint density at radius 2 is 1.71 bits per heavy atom. The third kappa shape index (κ3) is 4.10. The molecule has 0 heterocycles. The Labute approximate surface area is 129 Å². The molecule has 1 atom stereocenters. The van der Waals surface area contributed by atoms with Crippen LogP contribution < -0.4 is 5.32 Å². The second kappa shape index (κ2) is 7.31. The fourth-order valence-electron chi connectivity index (χ4n) is 2.58. The molecule has 21 heavy (non-hydrogen) atoms. The van der Waals surface area contributed by atoms with E-state index in [0.717, 1.165) is 0 Å². The number of aryl methyl sites for hydroxylation is 2. The van der Waals surface area contributed by atoms with Crippen LogP contribution in [0, 0.1) is 13.8 Å². The molecule has 2 aromatic carbocycles. The van der Waals surface area contributed by atoms with E-state index in [0.29, 0.717) is 6.04 Å². The molecule has 1 heteroatoms. The zero-order valence-corrected chi connectivity index (χ0v) is 13.7. The van der Waals surface area contributed by atoms with Crippen molar-refractivity contribution < 1.29 is 0 Å². The van der Waals surface area contributed by atoms with Gasteiger partial charge in [0.05, 0.1) is 0 Å². The van der Waals surface area contributed by atoms with Crippen LogP contribution in [0.15, 0.2) is 42.5 Å². The van der Waals surface area contributed by atoms with E-state index < -0.39 is 0 Å². The van der Waals surface area contributed by atoms with Crippen LogP contribution in [0.3, 0.4) is 0 Å². The number of unbranched alkanes of at least 4 members (excludes halogenated alkanes) is 1. The topological polar surface area (TPSA) is 12.0 Å². The Morgan fingerprint density at radius 3 is 2.38 bits per heavy atom. The highest BCUT2D eigenvalue weighted by molar-refractivity contribution is 5.55. The molecule has 0 aromatic heterocycles. The summed E-state index contributed by atoms with van der Waals surface area (Å²) in [5, 5.41) is 3.63. The summed E-state index contributed by atoms with van der Waals surface area (Å²) in [5.74, 6) is 0. The molecule has 1 unspecified atom stereocenters. The van der Waals surface area contributed by atoms with Crippen LogP contribution in [0.1, 0.15) is 55.0 Å². The minimum absolute atomic E-state index is 0.325. The maximum Gasteiger partial charge on any atom is 0.0485 e.